The van der Waals surface area contributed by atoms with E-state index in [1.54, 1.807) is 29.6 Å². The minimum Gasteiger partial charge on any atom is -0.451 e. The first-order valence-corrected chi connectivity index (χ1v) is 8.41. The highest BCUT2D eigenvalue weighted by Gasteiger charge is 2.19. The molecule has 1 amide bonds. The zero-order valence-electron chi connectivity index (χ0n) is 12.3. The van der Waals surface area contributed by atoms with Gasteiger partial charge >= 0.3 is 5.97 Å². The number of aromatic nitrogens is 4. The monoisotopic (exact) mass is 397 g/mol. The molecule has 0 spiro atoms. The van der Waals surface area contributed by atoms with Gasteiger partial charge in [-0.15, -0.1) is 16.4 Å². The van der Waals surface area contributed by atoms with Crippen molar-refractivity contribution in [3.8, 4) is 5.69 Å². The fourth-order valence-corrected chi connectivity index (χ4v) is 3.16. The van der Waals surface area contributed by atoms with Gasteiger partial charge in [-0.1, -0.05) is 29.3 Å². The third-order valence-corrected chi connectivity index (χ3v) is 4.50. The quantitative estimate of drug-likeness (QED) is 0.664. The van der Waals surface area contributed by atoms with Crippen LogP contribution in [0.5, 0.6) is 0 Å². The number of nitrogens with zero attached hydrogens (tertiary/aromatic N) is 4. The summed E-state index contributed by atoms with van der Waals surface area (Å²) >= 11 is 13.1. The molecule has 8 nitrogen and oxygen atoms in total. The first-order valence-electron chi connectivity index (χ1n) is 6.78. The van der Waals surface area contributed by atoms with Gasteiger partial charge in [-0.2, -0.15) is 4.68 Å². The van der Waals surface area contributed by atoms with Gasteiger partial charge < -0.3 is 10.1 Å². The summed E-state index contributed by atoms with van der Waals surface area (Å²) in [5, 5.41) is 15.5. The SMILES string of the molecule is O=C(COC(=O)c1sccc1-n1cnnn1)Nc1c(Cl)cccc1Cl. The first kappa shape index (κ1) is 17.3. The summed E-state index contributed by atoms with van der Waals surface area (Å²) in [7, 11) is 0. The van der Waals surface area contributed by atoms with Gasteiger partial charge in [0.05, 0.1) is 21.4 Å². The lowest BCUT2D eigenvalue weighted by Crippen LogP contribution is -2.21. The Kier molecular flexibility index (Phi) is 5.27. The van der Waals surface area contributed by atoms with E-state index >= 15 is 0 Å². The number of hydrogen-bond donors (Lipinski definition) is 1. The van der Waals surface area contributed by atoms with Crippen molar-refractivity contribution in [2.45, 2.75) is 0 Å². The average molecular weight is 398 g/mol. The van der Waals surface area contributed by atoms with Gasteiger partial charge in [0.2, 0.25) is 0 Å². The van der Waals surface area contributed by atoms with Crippen molar-refractivity contribution >= 4 is 52.1 Å². The molecular weight excluding hydrogens is 389 g/mol. The molecule has 2 aromatic heterocycles. The molecule has 0 aliphatic heterocycles. The number of para-hydroxylation sites is 1. The zero-order chi connectivity index (χ0) is 17.8. The van der Waals surface area contributed by atoms with Gasteiger partial charge in [-0.25, -0.2) is 4.79 Å². The summed E-state index contributed by atoms with van der Waals surface area (Å²) in [5.41, 5.74) is 0.729. The van der Waals surface area contributed by atoms with Crippen molar-refractivity contribution in [1.82, 2.24) is 20.2 Å². The first-order chi connectivity index (χ1) is 12.1. The molecule has 0 fully saturated rings. The van der Waals surface area contributed by atoms with Crippen LogP contribution in [0.2, 0.25) is 10.0 Å². The number of esters is 1. The summed E-state index contributed by atoms with van der Waals surface area (Å²) in [6.45, 7) is -0.493. The predicted molar refractivity (Wildman–Crippen MR) is 92.4 cm³/mol. The van der Waals surface area contributed by atoms with Crippen LogP contribution in [0.15, 0.2) is 36.0 Å². The maximum absolute atomic E-state index is 12.2. The summed E-state index contributed by atoms with van der Waals surface area (Å²) in [6, 6.07) is 6.48. The Labute approximate surface area is 155 Å². The number of nitrogens with one attached hydrogen (secondary N) is 1. The van der Waals surface area contributed by atoms with E-state index in [0.717, 1.165) is 11.3 Å². The highest BCUT2D eigenvalue weighted by atomic mass is 35.5. The van der Waals surface area contributed by atoms with Crippen LogP contribution < -0.4 is 5.32 Å². The molecule has 0 bridgehead atoms. The van der Waals surface area contributed by atoms with Crippen molar-refractivity contribution in [3.63, 3.8) is 0 Å². The van der Waals surface area contributed by atoms with Crippen molar-refractivity contribution in [2.75, 3.05) is 11.9 Å². The van der Waals surface area contributed by atoms with Crippen LogP contribution in [0.1, 0.15) is 9.67 Å². The zero-order valence-corrected chi connectivity index (χ0v) is 14.7. The number of anilines is 1. The number of carbonyl (C=O) groups excluding carboxylic acids is 2. The molecule has 0 radical (unpaired) electrons. The Morgan fingerprint density at radius 3 is 2.68 bits per heavy atom. The number of hydrogen-bond acceptors (Lipinski definition) is 7. The van der Waals surface area contributed by atoms with Crippen LogP contribution in [-0.4, -0.2) is 38.7 Å². The van der Waals surface area contributed by atoms with Crippen molar-refractivity contribution < 1.29 is 14.3 Å². The third kappa shape index (κ3) is 3.95. The average Bonchev–Trinajstić information content (AvgIpc) is 3.26. The molecule has 0 saturated heterocycles. The number of tetrazole rings is 1. The van der Waals surface area contributed by atoms with Crippen LogP contribution in [0.25, 0.3) is 5.69 Å². The van der Waals surface area contributed by atoms with Gasteiger partial charge in [-0.3, -0.25) is 4.79 Å². The van der Waals surface area contributed by atoms with Crippen LogP contribution in [0.3, 0.4) is 0 Å². The second kappa shape index (κ2) is 7.60. The number of carbonyl (C=O) groups is 2. The Morgan fingerprint density at radius 2 is 2.00 bits per heavy atom. The van der Waals surface area contributed by atoms with E-state index in [9.17, 15) is 9.59 Å². The van der Waals surface area contributed by atoms with E-state index in [2.05, 4.69) is 20.8 Å². The lowest BCUT2D eigenvalue weighted by Gasteiger charge is -2.09. The number of halogens is 2. The van der Waals surface area contributed by atoms with Crippen LogP contribution in [-0.2, 0) is 9.53 Å². The van der Waals surface area contributed by atoms with Gasteiger partial charge in [-0.05, 0) is 34.0 Å². The highest BCUT2D eigenvalue weighted by Crippen LogP contribution is 2.29. The maximum atomic E-state index is 12.2. The molecule has 3 rings (SSSR count). The fourth-order valence-electron chi connectivity index (χ4n) is 1.90. The molecule has 1 aromatic carbocycles. The molecule has 1 N–H and O–H groups in total. The number of rotatable bonds is 5. The van der Waals surface area contributed by atoms with Crippen molar-refractivity contribution in [3.05, 3.63) is 50.9 Å². The Morgan fingerprint density at radius 1 is 1.24 bits per heavy atom. The third-order valence-electron chi connectivity index (χ3n) is 2.99. The van der Waals surface area contributed by atoms with Gasteiger partial charge in [0.25, 0.3) is 5.91 Å². The van der Waals surface area contributed by atoms with E-state index in [4.69, 9.17) is 27.9 Å². The van der Waals surface area contributed by atoms with Crippen molar-refractivity contribution in [2.24, 2.45) is 0 Å². The lowest BCUT2D eigenvalue weighted by molar-refractivity contribution is -0.119. The molecule has 25 heavy (non-hydrogen) atoms. The molecule has 0 saturated carbocycles. The fraction of sp³-hybridized carbons (Fsp3) is 0.0714. The number of thiophene rings is 1. The van der Waals surface area contributed by atoms with Gasteiger partial charge in [0.15, 0.2) is 6.61 Å². The van der Waals surface area contributed by atoms with Crippen LogP contribution in [0.4, 0.5) is 5.69 Å². The smallest absolute Gasteiger partial charge is 0.351 e. The number of amides is 1. The van der Waals surface area contributed by atoms with E-state index in [-0.39, 0.29) is 20.6 Å². The molecule has 0 unspecified atom stereocenters. The van der Waals surface area contributed by atoms with E-state index in [1.807, 2.05) is 0 Å². The van der Waals surface area contributed by atoms with E-state index in [0.29, 0.717) is 5.69 Å². The topological polar surface area (TPSA) is 99.0 Å². The normalized spacial score (nSPS) is 10.5. The predicted octanol–water partition coefficient (Wildman–Crippen LogP) is 2.83. The van der Waals surface area contributed by atoms with Crippen molar-refractivity contribution in [1.29, 1.82) is 0 Å². The summed E-state index contributed by atoms with van der Waals surface area (Å²) in [5.74, 6) is -1.23. The summed E-state index contributed by atoms with van der Waals surface area (Å²) in [4.78, 5) is 24.4. The maximum Gasteiger partial charge on any atom is 0.351 e. The number of benzene rings is 1. The number of ether oxygens (including phenoxy) is 1. The molecule has 0 aliphatic rings. The molecule has 2 heterocycles. The summed E-state index contributed by atoms with van der Waals surface area (Å²) < 4.78 is 6.36. The minimum absolute atomic E-state index is 0.261. The van der Waals surface area contributed by atoms with Gasteiger partial charge in [0.1, 0.15) is 11.2 Å². The molecule has 0 atom stereocenters. The molecule has 11 heteroatoms. The Bertz CT molecular complexity index is 893. The molecule has 128 valence electrons. The highest BCUT2D eigenvalue weighted by molar-refractivity contribution is 7.12. The second-order valence-corrected chi connectivity index (χ2v) is 6.34. The largest absolute Gasteiger partial charge is 0.451 e. The Balaban J connectivity index is 1.63. The van der Waals surface area contributed by atoms with Gasteiger partial charge in [0, 0.05) is 0 Å². The summed E-state index contributed by atoms with van der Waals surface area (Å²) in [6.07, 6.45) is 1.35. The minimum atomic E-state index is -0.666. The Hall–Kier alpha value is -2.49. The van der Waals surface area contributed by atoms with Crippen LogP contribution >= 0.6 is 34.5 Å². The molecular formula is C14H9Cl2N5O3S. The second-order valence-electron chi connectivity index (χ2n) is 4.61. The van der Waals surface area contributed by atoms with E-state index in [1.165, 1.54) is 11.0 Å². The van der Waals surface area contributed by atoms with Crippen LogP contribution in [0, 0.1) is 0 Å². The van der Waals surface area contributed by atoms with E-state index < -0.39 is 18.5 Å². The molecule has 3 aromatic rings. The lowest BCUT2D eigenvalue weighted by atomic mass is 10.3. The molecule has 0 aliphatic carbocycles. The standard InChI is InChI=1S/C14H9Cl2N5O3S/c15-8-2-1-3-9(16)12(8)18-11(22)6-24-14(23)13-10(4-5-25-13)21-7-17-19-20-21/h1-5,7H,6H2,(H,18,22).